The zero-order chi connectivity index (χ0) is 9.19. The van der Waals surface area contributed by atoms with Crippen molar-refractivity contribution in [3.63, 3.8) is 0 Å². The molecule has 0 spiro atoms. The SMILES string of the molecule is Bc1ccccc1CC(C)(C)C. The van der Waals surface area contributed by atoms with E-state index in [9.17, 15) is 0 Å². The van der Waals surface area contributed by atoms with Gasteiger partial charge in [-0.05, 0) is 11.8 Å². The Balaban J connectivity index is 2.83. The summed E-state index contributed by atoms with van der Waals surface area (Å²) < 4.78 is 0. The summed E-state index contributed by atoms with van der Waals surface area (Å²) in [7, 11) is 2.18. The van der Waals surface area contributed by atoms with Crippen LogP contribution in [0.2, 0.25) is 0 Å². The molecule has 0 fully saturated rings. The lowest BCUT2D eigenvalue weighted by atomic mass is 9.81. The molecule has 1 aromatic carbocycles. The summed E-state index contributed by atoms with van der Waals surface area (Å²) in [5.41, 5.74) is 3.28. The topological polar surface area (TPSA) is 0 Å². The normalized spacial score (nSPS) is 11.6. The van der Waals surface area contributed by atoms with Crippen molar-refractivity contribution in [1.82, 2.24) is 0 Å². The Morgan fingerprint density at radius 3 is 2.25 bits per heavy atom. The second-order valence-corrected chi connectivity index (χ2v) is 4.66. The molecule has 0 saturated carbocycles. The Morgan fingerprint density at radius 1 is 1.17 bits per heavy atom. The third kappa shape index (κ3) is 2.73. The molecule has 0 saturated heterocycles. The van der Waals surface area contributed by atoms with Crippen LogP contribution in [0.25, 0.3) is 0 Å². The van der Waals surface area contributed by atoms with Crippen molar-refractivity contribution < 1.29 is 0 Å². The van der Waals surface area contributed by atoms with Gasteiger partial charge in [0.2, 0.25) is 0 Å². The Kier molecular flexibility index (Phi) is 2.61. The Hall–Kier alpha value is -0.715. The van der Waals surface area contributed by atoms with Crippen LogP contribution in [-0.4, -0.2) is 7.85 Å². The second-order valence-electron chi connectivity index (χ2n) is 4.66. The Morgan fingerprint density at radius 2 is 1.75 bits per heavy atom. The van der Waals surface area contributed by atoms with Gasteiger partial charge in [0.15, 0.2) is 0 Å². The molecule has 0 N–H and O–H groups in total. The van der Waals surface area contributed by atoms with E-state index in [2.05, 4.69) is 52.9 Å². The molecule has 0 atom stereocenters. The van der Waals surface area contributed by atoms with Crippen molar-refractivity contribution >= 4 is 13.3 Å². The molecule has 1 aromatic rings. The predicted molar refractivity (Wildman–Crippen MR) is 57.8 cm³/mol. The van der Waals surface area contributed by atoms with Gasteiger partial charge in [-0.15, -0.1) is 0 Å². The Bertz CT molecular complexity index is 258. The third-order valence-corrected chi connectivity index (χ3v) is 1.98. The van der Waals surface area contributed by atoms with Crippen molar-refractivity contribution in [2.75, 3.05) is 0 Å². The Labute approximate surface area is 76.4 Å². The van der Waals surface area contributed by atoms with Crippen LogP contribution < -0.4 is 5.46 Å². The highest BCUT2D eigenvalue weighted by Gasteiger charge is 2.11. The summed E-state index contributed by atoms with van der Waals surface area (Å²) >= 11 is 0. The lowest BCUT2D eigenvalue weighted by Crippen LogP contribution is -2.17. The number of hydrogen-bond acceptors (Lipinski definition) is 0. The molecule has 0 amide bonds. The molecule has 0 bridgehead atoms. The van der Waals surface area contributed by atoms with E-state index in [4.69, 9.17) is 0 Å². The maximum Gasteiger partial charge on any atom is 0.139 e. The minimum atomic E-state index is 0.395. The van der Waals surface area contributed by atoms with Crippen LogP contribution in [0.1, 0.15) is 26.3 Å². The minimum Gasteiger partial charge on any atom is -0.0858 e. The highest BCUT2D eigenvalue weighted by atomic mass is 14.2. The van der Waals surface area contributed by atoms with Crippen LogP contribution in [0.5, 0.6) is 0 Å². The van der Waals surface area contributed by atoms with Gasteiger partial charge >= 0.3 is 0 Å². The van der Waals surface area contributed by atoms with Crippen molar-refractivity contribution in [1.29, 1.82) is 0 Å². The van der Waals surface area contributed by atoms with Gasteiger partial charge in [0, 0.05) is 0 Å². The third-order valence-electron chi connectivity index (χ3n) is 1.98. The van der Waals surface area contributed by atoms with Crippen LogP contribution in [0.3, 0.4) is 0 Å². The van der Waals surface area contributed by atoms with E-state index < -0.39 is 0 Å². The van der Waals surface area contributed by atoms with Gasteiger partial charge in [-0.1, -0.05) is 56.1 Å². The number of hydrogen-bond donors (Lipinski definition) is 0. The largest absolute Gasteiger partial charge is 0.139 e. The molecule has 0 nitrogen and oxygen atoms in total. The van der Waals surface area contributed by atoms with Crippen LogP contribution in [0, 0.1) is 5.41 Å². The van der Waals surface area contributed by atoms with Crippen LogP contribution in [0.4, 0.5) is 0 Å². The standard InChI is InChI=1S/C11H17B/c1-11(2,3)8-9-6-4-5-7-10(9)12/h4-7H,8,12H2,1-3H3. The average molecular weight is 160 g/mol. The van der Waals surface area contributed by atoms with E-state index >= 15 is 0 Å². The van der Waals surface area contributed by atoms with E-state index in [-0.39, 0.29) is 0 Å². The first-order valence-corrected chi connectivity index (χ1v) is 4.53. The van der Waals surface area contributed by atoms with Crippen LogP contribution >= 0.6 is 0 Å². The van der Waals surface area contributed by atoms with E-state index in [1.54, 1.807) is 0 Å². The highest BCUT2D eigenvalue weighted by molar-refractivity contribution is 6.33. The smallest absolute Gasteiger partial charge is 0.0858 e. The van der Waals surface area contributed by atoms with E-state index in [0.717, 1.165) is 0 Å². The van der Waals surface area contributed by atoms with Crippen molar-refractivity contribution in [3.05, 3.63) is 29.8 Å². The fourth-order valence-electron chi connectivity index (χ4n) is 1.38. The number of benzene rings is 1. The zero-order valence-corrected chi connectivity index (χ0v) is 8.52. The molecule has 0 aliphatic heterocycles. The minimum absolute atomic E-state index is 0.395. The molecule has 1 rings (SSSR count). The molecule has 0 aliphatic rings. The first kappa shape index (κ1) is 9.37. The van der Waals surface area contributed by atoms with Gasteiger partial charge in [0.05, 0.1) is 0 Å². The van der Waals surface area contributed by atoms with E-state index in [1.807, 2.05) is 0 Å². The molecule has 0 radical (unpaired) electrons. The molecule has 0 aliphatic carbocycles. The van der Waals surface area contributed by atoms with E-state index in [1.165, 1.54) is 17.4 Å². The molecular formula is C11H17B. The first-order chi connectivity index (χ1) is 5.49. The highest BCUT2D eigenvalue weighted by Crippen LogP contribution is 2.18. The number of rotatable bonds is 1. The van der Waals surface area contributed by atoms with Gasteiger partial charge in [-0.2, -0.15) is 0 Å². The summed E-state index contributed by atoms with van der Waals surface area (Å²) in [6.07, 6.45) is 1.17. The average Bonchev–Trinajstić information content (AvgIpc) is 1.91. The predicted octanol–water partition coefficient (Wildman–Crippen LogP) is 1.53. The van der Waals surface area contributed by atoms with Gasteiger partial charge in [0.25, 0.3) is 0 Å². The summed E-state index contributed by atoms with van der Waals surface area (Å²) in [6, 6.07) is 8.62. The van der Waals surface area contributed by atoms with E-state index in [0.29, 0.717) is 5.41 Å². The maximum atomic E-state index is 2.28. The molecule has 0 unspecified atom stereocenters. The first-order valence-electron chi connectivity index (χ1n) is 4.53. The summed E-state index contributed by atoms with van der Waals surface area (Å²) in [6.45, 7) is 6.83. The summed E-state index contributed by atoms with van der Waals surface area (Å²) in [5.74, 6) is 0. The molecule has 0 heterocycles. The zero-order valence-electron chi connectivity index (χ0n) is 8.52. The molecule has 12 heavy (non-hydrogen) atoms. The molecular weight excluding hydrogens is 143 g/mol. The lowest BCUT2D eigenvalue weighted by molar-refractivity contribution is 0.412. The summed E-state index contributed by atoms with van der Waals surface area (Å²) in [4.78, 5) is 0. The molecule has 0 aromatic heterocycles. The van der Waals surface area contributed by atoms with Gasteiger partial charge in [0.1, 0.15) is 7.85 Å². The maximum absolute atomic E-state index is 2.28. The van der Waals surface area contributed by atoms with Crippen molar-refractivity contribution in [2.45, 2.75) is 27.2 Å². The summed E-state index contributed by atoms with van der Waals surface area (Å²) in [5, 5.41) is 0. The molecule has 64 valence electrons. The fourth-order valence-corrected chi connectivity index (χ4v) is 1.38. The fraction of sp³-hybridized carbons (Fsp3) is 0.455. The van der Waals surface area contributed by atoms with Crippen molar-refractivity contribution in [3.8, 4) is 0 Å². The van der Waals surface area contributed by atoms with Crippen LogP contribution in [-0.2, 0) is 6.42 Å². The van der Waals surface area contributed by atoms with Gasteiger partial charge in [-0.25, -0.2) is 0 Å². The quantitative estimate of drug-likeness (QED) is 0.546. The lowest BCUT2D eigenvalue weighted by Gasteiger charge is -2.19. The monoisotopic (exact) mass is 160 g/mol. The molecule has 1 heteroatoms. The van der Waals surface area contributed by atoms with Gasteiger partial charge < -0.3 is 0 Å². The second kappa shape index (κ2) is 3.34. The van der Waals surface area contributed by atoms with Gasteiger partial charge in [-0.3, -0.25) is 0 Å². The van der Waals surface area contributed by atoms with Crippen LogP contribution in [0.15, 0.2) is 24.3 Å². The van der Waals surface area contributed by atoms with Crippen molar-refractivity contribution in [2.24, 2.45) is 5.41 Å².